The Morgan fingerprint density at radius 1 is 1.03 bits per heavy atom. The van der Waals surface area contributed by atoms with Gasteiger partial charge in [-0.05, 0) is 36.2 Å². The van der Waals surface area contributed by atoms with Crippen LogP contribution in [-0.2, 0) is 19.6 Å². The second kappa shape index (κ2) is 10.2. The molecule has 0 heterocycles. The molecule has 2 aromatic carbocycles. The van der Waals surface area contributed by atoms with Gasteiger partial charge in [0.25, 0.3) is 5.91 Å². The molecule has 0 aliphatic carbocycles. The molecule has 2 rings (SSSR count). The highest BCUT2D eigenvalue weighted by molar-refractivity contribution is 7.89. The van der Waals surface area contributed by atoms with E-state index in [1.807, 2.05) is 37.3 Å². The summed E-state index contributed by atoms with van der Waals surface area (Å²) in [6.07, 6.45) is 1.66. The quantitative estimate of drug-likeness (QED) is 0.632. The number of carbonyl (C=O) groups excluding carboxylic acids is 2. The average Bonchev–Trinajstić information content (AvgIpc) is 2.72. The smallest absolute Gasteiger partial charge is 0.338 e. The van der Waals surface area contributed by atoms with Crippen molar-refractivity contribution in [1.82, 2.24) is 9.62 Å². The lowest BCUT2D eigenvalue weighted by Crippen LogP contribution is -2.32. The number of nitrogens with one attached hydrogen (secondary N) is 1. The number of benzene rings is 2. The van der Waals surface area contributed by atoms with Crippen LogP contribution in [0.1, 0.15) is 41.7 Å². The maximum absolute atomic E-state index is 12.2. The highest BCUT2D eigenvalue weighted by Crippen LogP contribution is 2.18. The Labute approximate surface area is 171 Å². The molecule has 0 spiro atoms. The van der Waals surface area contributed by atoms with Crippen molar-refractivity contribution in [2.75, 3.05) is 20.7 Å². The molecule has 0 saturated carbocycles. The van der Waals surface area contributed by atoms with Gasteiger partial charge in [-0.1, -0.05) is 43.7 Å². The number of carbonyl (C=O) groups is 2. The van der Waals surface area contributed by atoms with E-state index < -0.39 is 28.5 Å². The lowest BCUT2D eigenvalue weighted by atomic mass is 10.0. The predicted molar refractivity (Wildman–Crippen MR) is 110 cm³/mol. The zero-order valence-electron chi connectivity index (χ0n) is 16.8. The number of rotatable bonds is 9. The Morgan fingerprint density at radius 2 is 1.66 bits per heavy atom. The van der Waals surface area contributed by atoms with Crippen molar-refractivity contribution >= 4 is 21.9 Å². The topological polar surface area (TPSA) is 92.8 Å². The van der Waals surface area contributed by atoms with Crippen LogP contribution >= 0.6 is 0 Å². The van der Waals surface area contributed by atoms with Crippen molar-refractivity contribution in [1.29, 1.82) is 0 Å². The van der Waals surface area contributed by atoms with E-state index in [1.165, 1.54) is 38.4 Å². The largest absolute Gasteiger partial charge is 0.452 e. The molecule has 1 atom stereocenters. The number of hydrogen-bond acceptors (Lipinski definition) is 5. The van der Waals surface area contributed by atoms with Crippen molar-refractivity contribution in [2.45, 2.75) is 30.7 Å². The second-order valence-electron chi connectivity index (χ2n) is 6.71. The molecule has 29 heavy (non-hydrogen) atoms. The first kappa shape index (κ1) is 22.6. The Bertz CT molecular complexity index is 925. The van der Waals surface area contributed by atoms with Crippen LogP contribution in [0.3, 0.4) is 0 Å². The van der Waals surface area contributed by atoms with Crippen LogP contribution < -0.4 is 5.32 Å². The van der Waals surface area contributed by atoms with E-state index in [9.17, 15) is 18.0 Å². The van der Waals surface area contributed by atoms with Crippen LogP contribution in [0.2, 0.25) is 0 Å². The number of esters is 1. The highest BCUT2D eigenvalue weighted by Gasteiger charge is 2.19. The van der Waals surface area contributed by atoms with E-state index in [0.29, 0.717) is 0 Å². The molecule has 1 N–H and O–H groups in total. The van der Waals surface area contributed by atoms with E-state index in [0.717, 1.165) is 22.7 Å². The first-order chi connectivity index (χ1) is 13.8. The van der Waals surface area contributed by atoms with E-state index >= 15 is 0 Å². The molecule has 0 radical (unpaired) electrons. The molecule has 7 nitrogen and oxygen atoms in total. The summed E-state index contributed by atoms with van der Waals surface area (Å²) in [5, 5.41) is 2.88. The maximum atomic E-state index is 12.2. The fourth-order valence-corrected chi connectivity index (χ4v) is 3.62. The first-order valence-corrected chi connectivity index (χ1v) is 10.7. The minimum atomic E-state index is -3.57. The standard InChI is InChI=1S/C21H26N2O5S/c1-4-8-19(16-9-6-5-7-10-16)22-20(24)15-28-21(25)17-11-13-18(14-12-17)29(26,27)23(2)3/h5-7,9-14,19H,4,8,15H2,1-3H3,(H,22,24)/t19-/m0/s1. The molecule has 0 aliphatic rings. The summed E-state index contributed by atoms with van der Waals surface area (Å²) >= 11 is 0. The van der Waals surface area contributed by atoms with Crippen LogP contribution in [0.4, 0.5) is 0 Å². The zero-order chi connectivity index (χ0) is 21.4. The number of nitrogens with zero attached hydrogens (tertiary/aromatic N) is 1. The second-order valence-corrected chi connectivity index (χ2v) is 8.86. The molecule has 2 aromatic rings. The van der Waals surface area contributed by atoms with Gasteiger partial charge in [0, 0.05) is 14.1 Å². The molecular formula is C21H26N2O5S. The molecular weight excluding hydrogens is 392 g/mol. The van der Waals surface area contributed by atoms with Crippen LogP contribution in [0.25, 0.3) is 0 Å². The summed E-state index contributed by atoms with van der Waals surface area (Å²) in [6.45, 7) is 1.62. The van der Waals surface area contributed by atoms with Crippen molar-refractivity contribution in [3.8, 4) is 0 Å². The van der Waals surface area contributed by atoms with Crippen LogP contribution in [0.5, 0.6) is 0 Å². The molecule has 0 aromatic heterocycles. The maximum Gasteiger partial charge on any atom is 0.338 e. The summed E-state index contributed by atoms with van der Waals surface area (Å²) in [7, 11) is -0.717. The Kier molecular flexibility index (Phi) is 7.92. The predicted octanol–water partition coefficient (Wildman–Crippen LogP) is 2.75. The normalized spacial score (nSPS) is 12.4. The molecule has 156 valence electrons. The van der Waals surface area contributed by atoms with Gasteiger partial charge in [-0.3, -0.25) is 4.79 Å². The van der Waals surface area contributed by atoms with E-state index in [-0.39, 0.29) is 16.5 Å². The van der Waals surface area contributed by atoms with Gasteiger partial charge in [0.15, 0.2) is 6.61 Å². The van der Waals surface area contributed by atoms with Gasteiger partial charge in [0.1, 0.15) is 0 Å². The Hall–Kier alpha value is -2.71. The summed E-state index contributed by atoms with van der Waals surface area (Å²) < 4.78 is 30.3. The Morgan fingerprint density at radius 3 is 2.21 bits per heavy atom. The van der Waals surface area contributed by atoms with Crippen molar-refractivity contribution in [3.05, 3.63) is 65.7 Å². The lowest BCUT2D eigenvalue weighted by molar-refractivity contribution is -0.125. The zero-order valence-corrected chi connectivity index (χ0v) is 17.6. The van der Waals surface area contributed by atoms with Crippen molar-refractivity contribution in [2.24, 2.45) is 0 Å². The van der Waals surface area contributed by atoms with E-state index in [4.69, 9.17) is 4.74 Å². The van der Waals surface area contributed by atoms with Gasteiger partial charge >= 0.3 is 5.97 Å². The molecule has 0 saturated heterocycles. The lowest BCUT2D eigenvalue weighted by Gasteiger charge is -2.18. The molecule has 1 amide bonds. The fourth-order valence-electron chi connectivity index (χ4n) is 2.72. The number of ether oxygens (including phenoxy) is 1. The summed E-state index contributed by atoms with van der Waals surface area (Å²) in [5.74, 6) is -1.09. The number of hydrogen-bond donors (Lipinski definition) is 1. The van der Waals surface area contributed by atoms with Crippen LogP contribution in [0, 0.1) is 0 Å². The Balaban J connectivity index is 1.95. The molecule has 0 aliphatic heterocycles. The minimum Gasteiger partial charge on any atom is -0.452 e. The third kappa shape index (κ3) is 6.13. The summed E-state index contributed by atoms with van der Waals surface area (Å²) in [5.41, 5.74) is 1.16. The van der Waals surface area contributed by atoms with Gasteiger partial charge in [0.05, 0.1) is 16.5 Å². The molecule has 0 unspecified atom stereocenters. The SMILES string of the molecule is CCC[C@H](NC(=O)COC(=O)c1ccc(S(=O)(=O)N(C)C)cc1)c1ccccc1. The third-order valence-corrected chi connectivity index (χ3v) is 6.15. The van der Waals surface area contributed by atoms with E-state index in [1.54, 1.807) is 0 Å². The minimum absolute atomic E-state index is 0.0714. The van der Waals surface area contributed by atoms with Gasteiger partial charge in [-0.15, -0.1) is 0 Å². The van der Waals surface area contributed by atoms with Crippen molar-refractivity contribution < 1.29 is 22.7 Å². The highest BCUT2D eigenvalue weighted by atomic mass is 32.2. The van der Waals surface area contributed by atoms with Crippen LogP contribution in [-0.4, -0.2) is 45.3 Å². The summed E-state index contributed by atoms with van der Waals surface area (Å²) in [6, 6.07) is 14.8. The number of amides is 1. The van der Waals surface area contributed by atoms with Gasteiger partial charge in [-0.25, -0.2) is 17.5 Å². The van der Waals surface area contributed by atoms with Crippen LogP contribution in [0.15, 0.2) is 59.5 Å². The number of sulfonamides is 1. The average molecular weight is 419 g/mol. The summed E-state index contributed by atoms with van der Waals surface area (Å²) in [4.78, 5) is 24.5. The van der Waals surface area contributed by atoms with E-state index in [2.05, 4.69) is 5.32 Å². The van der Waals surface area contributed by atoms with Gasteiger partial charge < -0.3 is 10.1 Å². The molecule has 0 bridgehead atoms. The fraction of sp³-hybridized carbons (Fsp3) is 0.333. The van der Waals surface area contributed by atoms with Crippen molar-refractivity contribution in [3.63, 3.8) is 0 Å². The third-order valence-electron chi connectivity index (χ3n) is 4.32. The molecule has 0 fully saturated rings. The van der Waals surface area contributed by atoms with Gasteiger partial charge in [0.2, 0.25) is 10.0 Å². The molecule has 8 heteroatoms. The first-order valence-electron chi connectivity index (χ1n) is 9.29. The monoisotopic (exact) mass is 418 g/mol. The van der Waals surface area contributed by atoms with Gasteiger partial charge in [-0.2, -0.15) is 0 Å².